The molecule has 0 amide bonds. The lowest BCUT2D eigenvalue weighted by Crippen LogP contribution is -2.54. The van der Waals surface area contributed by atoms with Gasteiger partial charge < -0.3 is 4.74 Å². The van der Waals surface area contributed by atoms with Crippen LogP contribution >= 0.6 is 0 Å². The van der Waals surface area contributed by atoms with Crippen molar-refractivity contribution in [3.05, 3.63) is 0 Å². The minimum absolute atomic E-state index is 0.0369. The number of Topliss-reactive ketones (excluding diaryl/α,β-unsaturated/α-hetero) is 2. The summed E-state index contributed by atoms with van der Waals surface area (Å²) in [7, 11) is 0. The quantitative estimate of drug-likeness (QED) is 0.650. The van der Waals surface area contributed by atoms with Gasteiger partial charge in [-0.05, 0) is 12.8 Å². The highest BCUT2D eigenvalue weighted by molar-refractivity contribution is 5.94. The van der Waals surface area contributed by atoms with Gasteiger partial charge in [-0.1, -0.05) is 27.7 Å². The molecule has 0 aromatic heterocycles. The third-order valence-corrected chi connectivity index (χ3v) is 4.42. The van der Waals surface area contributed by atoms with Gasteiger partial charge in [0.05, 0.1) is 24.0 Å². The van der Waals surface area contributed by atoms with E-state index < -0.39 is 10.8 Å². The fourth-order valence-electron chi connectivity index (χ4n) is 3.70. The van der Waals surface area contributed by atoms with Crippen molar-refractivity contribution < 1.29 is 14.3 Å². The molecule has 1 aliphatic carbocycles. The van der Waals surface area contributed by atoms with Crippen LogP contribution in [-0.2, 0) is 14.3 Å². The molecule has 1 heterocycles. The largest absolute Gasteiger partial charge is 0.379 e. The molecule has 0 aromatic carbocycles. The van der Waals surface area contributed by atoms with Gasteiger partial charge in [-0.3, -0.25) is 9.59 Å². The van der Waals surface area contributed by atoms with Gasteiger partial charge in [-0.25, -0.2) is 0 Å². The lowest BCUT2D eigenvalue weighted by molar-refractivity contribution is -0.164. The van der Waals surface area contributed by atoms with Crippen molar-refractivity contribution >= 4 is 11.6 Å². The molecule has 2 bridgehead atoms. The van der Waals surface area contributed by atoms with Crippen LogP contribution in [0.3, 0.4) is 0 Å². The minimum atomic E-state index is -0.470. The predicted molar refractivity (Wildman–Crippen MR) is 64.6 cm³/mol. The zero-order valence-electron chi connectivity index (χ0n) is 11.2. The number of carbonyl (C=O) groups is 2. The van der Waals surface area contributed by atoms with E-state index in [1.165, 1.54) is 0 Å². The van der Waals surface area contributed by atoms with Crippen molar-refractivity contribution in [2.45, 2.75) is 40.5 Å². The topological polar surface area (TPSA) is 43.4 Å². The first-order valence-corrected chi connectivity index (χ1v) is 6.45. The summed E-state index contributed by atoms with van der Waals surface area (Å²) < 4.78 is 5.65. The van der Waals surface area contributed by atoms with Crippen LogP contribution in [0.25, 0.3) is 0 Å². The van der Waals surface area contributed by atoms with E-state index in [9.17, 15) is 9.59 Å². The second-order valence-corrected chi connectivity index (χ2v) is 6.56. The average Bonchev–Trinajstić information content (AvgIpc) is 2.24. The highest BCUT2D eigenvalue weighted by Crippen LogP contribution is 2.45. The van der Waals surface area contributed by atoms with Crippen LogP contribution in [0.15, 0.2) is 0 Å². The Balaban J connectivity index is 2.40. The zero-order chi connectivity index (χ0) is 12.8. The first kappa shape index (κ1) is 12.7. The molecule has 2 rings (SSSR count). The minimum Gasteiger partial charge on any atom is -0.379 e. The molecule has 0 aromatic rings. The van der Waals surface area contributed by atoms with E-state index in [0.29, 0.717) is 37.6 Å². The standard InChI is InChI=1S/C14H22O3/c1-9-5-13(3)7-17-8-14(4,12(13)16)6-10(2)11(9)15/h9-10H,5-8H2,1-4H3. The summed E-state index contributed by atoms with van der Waals surface area (Å²) in [6, 6.07) is 0. The second-order valence-electron chi connectivity index (χ2n) is 6.56. The Hall–Kier alpha value is -0.700. The summed E-state index contributed by atoms with van der Waals surface area (Å²) in [4.78, 5) is 24.8. The smallest absolute Gasteiger partial charge is 0.149 e. The van der Waals surface area contributed by atoms with E-state index in [1.807, 2.05) is 27.7 Å². The first-order valence-electron chi connectivity index (χ1n) is 6.45. The summed E-state index contributed by atoms with van der Waals surface area (Å²) in [5.74, 6) is 0.523. The fraction of sp³-hybridized carbons (Fsp3) is 0.857. The van der Waals surface area contributed by atoms with Crippen molar-refractivity contribution in [3.8, 4) is 0 Å². The first-order chi connectivity index (χ1) is 7.78. The number of fused-ring (bicyclic) bond motifs is 2. The van der Waals surface area contributed by atoms with Gasteiger partial charge in [0.2, 0.25) is 0 Å². The molecular formula is C14H22O3. The Morgan fingerprint density at radius 1 is 1.00 bits per heavy atom. The second kappa shape index (κ2) is 3.91. The number of ketones is 2. The molecule has 3 nitrogen and oxygen atoms in total. The molecule has 0 N–H and O–H groups in total. The van der Waals surface area contributed by atoms with Crippen molar-refractivity contribution in [2.24, 2.45) is 22.7 Å². The molecule has 1 saturated carbocycles. The predicted octanol–water partition coefficient (Wildman–Crippen LogP) is 2.23. The van der Waals surface area contributed by atoms with Gasteiger partial charge in [0.25, 0.3) is 0 Å². The zero-order valence-corrected chi connectivity index (χ0v) is 11.2. The highest BCUT2D eigenvalue weighted by Gasteiger charge is 2.52. The van der Waals surface area contributed by atoms with E-state index in [0.717, 1.165) is 0 Å². The van der Waals surface area contributed by atoms with Crippen molar-refractivity contribution in [1.82, 2.24) is 0 Å². The molecule has 1 saturated heterocycles. The molecule has 2 fully saturated rings. The normalized spacial score (nSPS) is 47.5. The summed E-state index contributed by atoms with van der Waals surface area (Å²) in [5, 5.41) is 0. The Bertz CT molecular complexity index is 332. The molecule has 17 heavy (non-hydrogen) atoms. The van der Waals surface area contributed by atoms with Crippen LogP contribution < -0.4 is 0 Å². The summed E-state index contributed by atoms with van der Waals surface area (Å²) in [5.41, 5.74) is -0.940. The average molecular weight is 238 g/mol. The van der Waals surface area contributed by atoms with Crippen molar-refractivity contribution in [2.75, 3.05) is 13.2 Å². The molecule has 1 aliphatic heterocycles. The molecule has 0 radical (unpaired) electrons. The van der Waals surface area contributed by atoms with Gasteiger partial charge in [0, 0.05) is 11.8 Å². The van der Waals surface area contributed by atoms with Gasteiger partial charge in [0.15, 0.2) is 0 Å². The van der Waals surface area contributed by atoms with Crippen LogP contribution in [0.4, 0.5) is 0 Å². The van der Waals surface area contributed by atoms with Gasteiger partial charge in [0.1, 0.15) is 11.6 Å². The Morgan fingerprint density at radius 3 is 1.82 bits per heavy atom. The Kier molecular flexibility index (Phi) is 2.93. The molecule has 3 heteroatoms. The van der Waals surface area contributed by atoms with Crippen molar-refractivity contribution in [1.29, 1.82) is 0 Å². The number of carbonyl (C=O) groups excluding carboxylic acids is 2. The Morgan fingerprint density at radius 2 is 1.41 bits per heavy atom. The van der Waals surface area contributed by atoms with Gasteiger partial charge >= 0.3 is 0 Å². The maximum absolute atomic E-state index is 12.6. The maximum Gasteiger partial charge on any atom is 0.149 e. The van der Waals surface area contributed by atoms with Crippen LogP contribution in [0.2, 0.25) is 0 Å². The number of hydrogen-bond donors (Lipinski definition) is 0. The van der Waals surface area contributed by atoms with E-state index in [-0.39, 0.29) is 11.8 Å². The fourth-order valence-corrected chi connectivity index (χ4v) is 3.70. The van der Waals surface area contributed by atoms with Crippen LogP contribution in [-0.4, -0.2) is 24.8 Å². The van der Waals surface area contributed by atoms with Gasteiger partial charge in [-0.2, -0.15) is 0 Å². The summed E-state index contributed by atoms with van der Waals surface area (Å²) in [6.07, 6.45) is 1.26. The number of ether oxygens (including phenoxy) is 1. The molecule has 0 spiro atoms. The molecule has 2 aliphatic rings. The van der Waals surface area contributed by atoms with Crippen LogP contribution in [0, 0.1) is 22.7 Å². The number of hydrogen-bond acceptors (Lipinski definition) is 3. The van der Waals surface area contributed by atoms with E-state index in [1.54, 1.807) is 0 Å². The third-order valence-electron chi connectivity index (χ3n) is 4.42. The number of rotatable bonds is 0. The summed E-state index contributed by atoms with van der Waals surface area (Å²) >= 11 is 0. The van der Waals surface area contributed by atoms with E-state index in [2.05, 4.69) is 0 Å². The monoisotopic (exact) mass is 238 g/mol. The third kappa shape index (κ3) is 1.95. The van der Waals surface area contributed by atoms with Crippen molar-refractivity contribution in [3.63, 3.8) is 0 Å². The molecule has 4 atom stereocenters. The van der Waals surface area contributed by atoms with Crippen LogP contribution in [0.1, 0.15) is 40.5 Å². The van der Waals surface area contributed by atoms with E-state index in [4.69, 9.17) is 4.74 Å². The summed E-state index contributed by atoms with van der Waals surface area (Å²) in [6.45, 7) is 8.71. The lowest BCUT2D eigenvalue weighted by atomic mass is 9.61. The molecular weight excluding hydrogens is 216 g/mol. The molecule has 96 valence electrons. The SMILES string of the molecule is CC1CC2(C)COCC(C)(CC(C)C1=O)C2=O. The molecule has 4 unspecified atom stereocenters. The van der Waals surface area contributed by atoms with Crippen LogP contribution in [0.5, 0.6) is 0 Å². The lowest BCUT2D eigenvalue weighted by Gasteiger charge is -2.46. The highest BCUT2D eigenvalue weighted by atomic mass is 16.5. The van der Waals surface area contributed by atoms with E-state index >= 15 is 0 Å². The van der Waals surface area contributed by atoms with Gasteiger partial charge in [-0.15, -0.1) is 0 Å². The Labute approximate surface area is 103 Å². The maximum atomic E-state index is 12.6.